The molecule has 0 aliphatic heterocycles. The third-order valence-corrected chi connectivity index (χ3v) is 1.96. The van der Waals surface area contributed by atoms with E-state index in [9.17, 15) is 0 Å². The second-order valence-electron chi connectivity index (χ2n) is 3.67. The highest BCUT2D eigenvalue weighted by molar-refractivity contribution is 4.75. The SMILES string of the molecule is CCCOCCOCC(C)(N)CC. The lowest BCUT2D eigenvalue weighted by atomic mass is 10.0. The van der Waals surface area contributed by atoms with E-state index in [-0.39, 0.29) is 5.54 Å². The monoisotopic (exact) mass is 189 g/mol. The maximum atomic E-state index is 5.89. The van der Waals surface area contributed by atoms with Gasteiger partial charge in [0.05, 0.1) is 19.8 Å². The van der Waals surface area contributed by atoms with E-state index in [0.29, 0.717) is 19.8 Å². The minimum absolute atomic E-state index is 0.190. The summed E-state index contributed by atoms with van der Waals surface area (Å²) in [5, 5.41) is 0. The van der Waals surface area contributed by atoms with Crippen molar-refractivity contribution in [3.8, 4) is 0 Å². The molecule has 3 nitrogen and oxygen atoms in total. The van der Waals surface area contributed by atoms with Crippen LogP contribution in [0.25, 0.3) is 0 Å². The molecule has 1 unspecified atom stereocenters. The maximum absolute atomic E-state index is 5.89. The molecular formula is C10H23NO2. The molecule has 0 radical (unpaired) electrons. The Hall–Kier alpha value is -0.120. The molecule has 1 atom stereocenters. The summed E-state index contributed by atoms with van der Waals surface area (Å²) in [7, 11) is 0. The topological polar surface area (TPSA) is 44.5 Å². The Balaban J connectivity index is 3.16. The van der Waals surface area contributed by atoms with Gasteiger partial charge in [0.15, 0.2) is 0 Å². The maximum Gasteiger partial charge on any atom is 0.0701 e. The van der Waals surface area contributed by atoms with E-state index in [4.69, 9.17) is 15.2 Å². The fraction of sp³-hybridized carbons (Fsp3) is 1.00. The molecule has 0 aromatic carbocycles. The number of hydrogen-bond donors (Lipinski definition) is 1. The van der Waals surface area contributed by atoms with Gasteiger partial charge >= 0.3 is 0 Å². The smallest absolute Gasteiger partial charge is 0.0701 e. The highest BCUT2D eigenvalue weighted by Crippen LogP contribution is 2.04. The molecule has 3 heteroatoms. The van der Waals surface area contributed by atoms with Gasteiger partial charge in [-0.3, -0.25) is 0 Å². The van der Waals surface area contributed by atoms with Gasteiger partial charge in [-0.15, -0.1) is 0 Å². The van der Waals surface area contributed by atoms with E-state index in [1.54, 1.807) is 0 Å². The molecule has 0 saturated heterocycles. The number of ether oxygens (including phenoxy) is 2. The fourth-order valence-corrected chi connectivity index (χ4v) is 0.772. The summed E-state index contributed by atoms with van der Waals surface area (Å²) in [4.78, 5) is 0. The Morgan fingerprint density at radius 2 is 1.69 bits per heavy atom. The van der Waals surface area contributed by atoms with Gasteiger partial charge < -0.3 is 15.2 Å². The van der Waals surface area contributed by atoms with Crippen LogP contribution >= 0.6 is 0 Å². The van der Waals surface area contributed by atoms with Gasteiger partial charge in [0, 0.05) is 12.1 Å². The van der Waals surface area contributed by atoms with E-state index in [1.807, 2.05) is 6.92 Å². The third kappa shape index (κ3) is 8.22. The first-order valence-electron chi connectivity index (χ1n) is 5.06. The van der Waals surface area contributed by atoms with Crippen molar-refractivity contribution in [2.24, 2.45) is 5.73 Å². The van der Waals surface area contributed by atoms with Gasteiger partial charge in [-0.05, 0) is 19.8 Å². The Morgan fingerprint density at radius 3 is 2.23 bits per heavy atom. The van der Waals surface area contributed by atoms with Gasteiger partial charge in [-0.2, -0.15) is 0 Å². The summed E-state index contributed by atoms with van der Waals surface area (Å²) in [6.07, 6.45) is 1.99. The average molecular weight is 189 g/mol. The Bertz CT molecular complexity index is 115. The summed E-state index contributed by atoms with van der Waals surface area (Å²) in [5.74, 6) is 0. The summed E-state index contributed by atoms with van der Waals surface area (Å²) in [6, 6.07) is 0. The van der Waals surface area contributed by atoms with Gasteiger partial charge in [0.1, 0.15) is 0 Å². The van der Waals surface area contributed by atoms with Gasteiger partial charge in [0.2, 0.25) is 0 Å². The van der Waals surface area contributed by atoms with Crippen LogP contribution in [0.5, 0.6) is 0 Å². The first kappa shape index (κ1) is 12.9. The quantitative estimate of drug-likeness (QED) is 0.589. The fourth-order valence-electron chi connectivity index (χ4n) is 0.772. The number of hydrogen-bond acceptors (Lipinski definition) is 3. The van der Waals surface area contributed by atoms with Crippen LogP contribution in [0.2, 0.25) is 0 Å². The largest absolute Gasteiger partial charge is 0.379 e. The predicted octanol–water partition coefficient (Wildman–Crippen LogP) is 1.56. The second-order valence-corrected chi connectivity index (χ2v) is 3.67. The summed E-state index contributed by atoms with van der Waals surface area (Å²) >= 11 is 0. The molecule has 0 spiro atoms. The normalized spacial score (nSPS) is 15.7. The van der Waals surface area contributed by atoms with E-state index in [0.717, 1.165) is 19.4 Å². The molecule has 13 heavy (non-hydrogen) atoms. The Kier molecular flexibility index (Phi) is 7.23. The van der Waals surface area contributed by atoms with Crippen LogP contribution in [0.4, 0.5) is 0 Å². The van der Waals surface area contributed by atoms with Crippen LogP contribution in [0, 0.1) is 0 Å². The molecule has 0 aliphatic rings. The first-order valence-corrected chi connectivity index (χ1v) is 5.06. The highest BCUT2D eigenvalue weighted by atomic mass is 16.5. The molecular weight excluding hydrogens is 166 g/mol. The lowest BCUT2D eigenvalue weighted by molar-refractivity contribution is 0.0294. The molecule has 0 aliphatic carbocycles. The van der Waals surface area contributed by atoms with Crippen LogP contribution in [0.15, 0.2) is 0 Å². The van der Waals surface area contributed by atoms with E-state index in [2.05, 4.69) is 13.8 Å². The van der Waals surface area contributed by atoms with Crippen LogP contribution < -0.4 is 5.73 Å². The van der Waals surface area contributed by atoms with Crippen molar-refractivity contribution in [2.45, 2.75) is 39.2 Å². The molecule has 0 aromatic rings. The van der Waals surface area contributed by atoms with Gasteiger partial charge in [0.25, 0.3) is 0 Å². The molecule has 2 N–H and O–H groups in total. The van der Waals surface area contributed by atoms with Crippen molar-refractivity contribution in [1.82, 2.24) is 0 Å². The van der Waals surface area contributed by atoms with E-state index < -0.39 is 0 Å². The predicted molar refractivity (Wildman–Crippen MR) is 54.8 cm³/mol. The van der Waals surface area contributed by atoms with Gasteiger partial charge in [-0.25, -0.2) is 0 Å². The van der Waals surface area contributed by atoms with E-state index >= 15 is 0 Å². The van der Waals surface area contributed by atoms with Crippen molar-refractivity contribution in [2.75, 3.05) is 26.4 Å². The highest BCUT2D eigenvalue weighted by Gasteiger charge is 2.14. The lowest BCUT2D eigenvalue weighted by Gasteiger charge is -2.22. The zero-order valence-electron chi connectivity index (χ0n) is 9.14. The molecule has 80 valence electrons. The molecule has 0 aromatic heterocycles. The minimum atomic E-state index is -0.190. The summed E-state index contributed by atoms with van der Waals surface area (Å²) in [5.41, 5.74) is 5.70. The van der Waals surface area contributed by atoms with Crippen LogP contribution in [0.1, 0.15) is 33.6 Å². The zero-order valence-corrected chi connectivity index (χ0v) is 9.14. The van der Waals surface area contributed by atoms with Crippen molar-refractivity contribution in [1.29, 1.82) is 0 Å². The molecule has 0 bridgehead atoms. The van der Waals surface area contributed by atoms with Crippen molar-refractivity contribution in [3.63, 3.8) is 0 Å². The molecule has 0 heterocycles. The lowest BCUT2D eigenvalue weighted by Crippen LogP contribution is -2.40. The average Bonchev–Trinajstić information content (AvgIpc) is 2.11. The van der Waals surface area contributed by atoms with Gasteiger partial charge in [-0.1, -0.05) is 13.8 Å². The zero-order chi connectivity index (χ0) is 10.2. The molecule has 0 amide bonds. The third-order valence-electron chi connectivity index (χ3n) is 1.96. The Morgan fingerprint density at radius 1 is 1.08 bits per heavy atom. The number of nitrogens with two attached hydrogens (primary N) is 1. The van der Waals surface area contributed by atoms with Crippen molar-refractivity contribution in [3.05, 3.63) is 0 Å². The number of rotatable bonds is 8. The summed E-state index contributed by atoms with van der Waals surface area (Å²) in [6.45, 7) is 8.90. The van der Waals surface area contributed by atoms with Crippen LogP contribution in [-0.2, 0) is 9.47 Å². The van der Waals surface area contributed by atoms with Crippen LogP contribution in [-0.4, -0.2) is 32.0 Å². The second kappa shape index (κ2) is 7.30. The Labute approximate surface area is 81.6 Å². The molecule has 0 saturated carbocycles. The summed E-state index contributed by atoms with van der Waals surface area (Å²) < 4.78 is 10.7. The van der Waals surface area contributed by atoms with Crippen molar-refractivity contribution < 1.29 is 9.47 Å². The standard InChI is InChI=1S/C10H23NO2/c1-4-6-12-7-8-13-9-10(3,11)5-2/h4-9,11H2,1-3H3. The first-order chi connectivity index (χ1) is 6.12. The van der Waals surface area contributed by atoms with Crippen LogP contribution in [0.3, 0.4) is 0 Å². The van der Waals surface area contributed by atoms with E-state index in [1.165, 1.54) is 0 Å². The molecule has 0 fully saturated rings. The molecule has 0 rings (SSSR count). The van der Waals surface area contributed by atoms with Crippen molar-refractivity contribution >= 4 is 0 Å². The minimum Gasteiger partial charge on any atom is -0.379 e.